The van der Waals surface area contributed by atoms with Crippen LogP contribution in [0.25, 0.3) is 16.7 Å². The first-order chi connectivity index (χ1) is 17.1. The molecule has 0 N–H and O–H groups in total. The standard InChI is InChI=1S/C32H34F2O/c1-3-6-23-9-15-26(16-10-23)27-17-11-24(12-18-27)7-4-5-8-25-13-19-28(20-14-25)29-21-22-30(35-2)32(34)31(29)33/h5,8-12,15-19,21-22,25H,3-4,6-7,13-14,20H2,1-2H3/b8-5+. The molecule has 1 atom stereocenters. The number of allylic oxidation sites excluding steroid dienone is 4. The van der Waals surface area contributed by atoms with E-state index in [0.717, 1.165) is 44.1 Å². The third kappa shape index (κ3) is 6.28. The summed E-state index contributed by atoms with van der Waals surface area (Å²) in [6.45, 7) is 2.21. The topological polar surface area (TPSA) is 9.23 Å². The third-order valence-electron chi connectivity index (χ3n) is 6.85. The highest BCUT2D eigenvalue weighted by molar-refractivity contribution is 5.67. The van der Waals surface area contributed by atoms with Gasteiger partial charge in [0.15, 0.2) is 11.6 Å². The van der Waals surface area contributed by atoms with Gasteiger partial charge in [0.05, 0.1) is 7.11 Å². The fraction of sp³-hybridized carbons (Fsp3) is 0.312. The van der Waals surface area contributed by atoms with Crippen molar-refractivity contribution >= 4 is 5.57 Å². The molecule has 4 rings (SSSR count). The molecule has 3 aromatic carbocycles. The Labute approximate surface area is 208 Å². The summed E-state index contributed by atoms with van der Waals surface area (Å²) in [4.78, 5) is 0. The monoisotopic (exact) mass is 472 g/mol. The second kappa shape index (κ2) is 12.0. The Balaban J connectivity index is 1.27. The Morgan fingerprint density at radius 1 is 0.857 bits per heavy atom. The van der Waals surface area contributed by atoms with Gasteiger partial charge >= 0.3 is 0 Å². The van der Waals surface area contributed by atoms with Gasteiger partial charge in [0, 0.05) is 5.56 Å². The smallest absolute Gasteiger partial charge is 0.201 e. The van der Waals surface area contributed by atoms with Gasteiger partial charge in [0.1, 0.15) is 0 Å². The predicted octanol–water partition coefficient (Wildman–Crippen LogP) is 8.97. The predicted molar refractivity (Wildman–Crippen MR) is 142 cm³/mol. The summed E-state index contributed by atoms with van der Waals surface area (Å²) in [6, 6.07) is 20.9. The van der Waals surface area contributed by atoms with Crippen LogP contribution in [0, 0.1) is 17.6 Å². The van der Waals surface area contributed by atoms with Crippen molar-refractivity contribution in [2.75, 3.05) is 7.11 Å². The summed E-state index contributed by atoms with van der Waals surface area (Å²) in [5, 5.41) is 0. The van der Waals surface area contributed by atoms with Gasteiger partial charge in [-0.2, -0.15) is 4.39 Å². The maximum atomic E-state index is 14.4. The number of aryl methyl sites for hydroxylation is 2. The fourth-order valence-corrected chi connectivity index (χ4v) is 4.77. The highest BCUT2D eigenvalue weighted by Gasteiger charge is 2.20. The van der Waals surface area contributed by atoms with Crippen molar-refractivity contribution in [3.8, 4) is 16.9 Å². The SMILES string of the molecule is CCCc1ccc(-c2ccc(CC/C=C/C3CC=C(c4ccc(OC)c(F)c4F)CC3)cc2)cc1. The van der Waals surface area contributed by atoms with Crippen molar-refractivity contribution in [1.29, 1.82) is 0 Å². The van der Waals surface area contributed by atoms with Gasteiger partial charge in [-0.25, -0.2) is 4.39 Å². The van der Waals surface area contributed by atoms with E-state index in [9.17, 15) is 8.78 Å². The molecule has 0 saturated carbocycles. The van der Waals surface area contributed by atoms with E-state index in [1.165, 1.54) is 41.9 Å². The molecule has 0 bridgehead atoms. The Bertz CT molecular complexity index is 1170. The van der Waals surface area contributed by atoms with Crippen LogP contribution < -0.4 is 4.74 Å². The molecule has 1 nitrogen and oxygen atoms in total. The van der Waals surface area contributed by atoms with Crippen LogP contribution >= 0.6 is 0 Å². The lowest BCUT2D eigenvalue weighted by molar-refractivity contribution is 0.371. The normalized spacial score (nSPS) is 15.9. The Hall–Kier alpha value is -3.20. The zero-order chi connectivity index (χ0) is 24.6. The highest BCUT2D eigenvalue weighted by Crippen LogP contribution is 2.34. The number of methoxy groups -OCH3 is 1. The zero-order valence-corrected chi connectivity index (χ0v) is 20.7. The van der Waals surface area contributed by atoms with Gasteiger partial charge in [0.25, 0.3) is 0 Å². The lowest BCUT2D eigenvalue weighted by Gasteiger charge is -2.20. The molecule has 0 aliphatic heterocycles. The van der Waals surface area contributed by atoms with Crippen LogP contribution in [0.4, 0.5) is 8.78 Å². The first-order valence-corrected chi connectivity index (χ1v) is 12.6. The van der Waals surface area contributed by atoms with Crippen molar-refractivity contribution < 1.29 is 13.5 Å². The molecule has 0 radical (unpaired) electrons. The number of ether oxygens (including phenoxy) is 1. The summed E-state index contributed by atoms with van der Waals surface area (Å²) in [7, 11) is 1.34. The molecule has 0 spiro atoms. The van der Waals surface area contributed by atoms with Crippen molar-refractivity contribution in [2.24, 2.45) is 5.92 Å². The maximum Gasteiger partial charge on any atom is 0.201 e. The van der Waals surface area contributed by atoms with E-state index in [2.05, 4.69) is 73.7 Å². The van der Waals surface area contributed by atoms with Crippen LogP contribution in [0.2, 0.25) is 0 Å². The first kappa shape index (κ1) is 24.9. The molecule has 1 aliphatic rings. The number of hydrogen-bond donors (Lipinski definition) is 0. The molecular formula is C32H34F2O. The minimum atomic E-state index is -0.911. The molecule has 0 aromatic heterocycles. The molecule has 182 valence electrons. The summed E-state index contributed by atoms with van der Waals surface area (Å²) < 4.78 is 33.3. The van der Waals surface area contributed by atoms with Crippen LogP contribution in [-0.2, 0) is 12.8 Å². The minimum absolute atomic E-state index is 0.0563. The number of benzene rings is 3. The Morgan fingerprint density at radius 3 is 2.09 bits per heavy atom. The summed E-state index contributed by atoms with van der Waals surface area (Å²) in [5.41, 5.74) is 6.48. The minimum Gasteiger partial charge on any atom is -0.494 e. The quantitative estimate of drug-likeness (QED) is 0.282. The van der Waals surface area contributed by atoms with Crippen LogP contribution in [0.15, 0.2) is 78.9 Å². The zero-order valence-electron chi connectivity index (χ0n) is 20.7. The van der Waals surface area contributed by atoms with Crippen molar-refractivity contribution in [3.63, 3.8) is 0 Å². The molecule has 1 aliphatic carbocycles. The van der Waals surface area contributed by atoms with Gasteiger partial charge < -0.3 is 4.74 Å². The molecule has 3 aromatic rings. The summed E-state index contributed by atoms with van der Waals surface area (Å²) >= 11 is 0. The highest BCUT2D eigenvalue weighted by atomic mass is 19.2. The van der Waals surface area contributed by atoms with E-state index >= 15 is 0 Å². The summed E-state index contributed by atoms with van der Waals surface area (Å²) in [6.07, 6.45) is 13.5. The molecule has 35 heavy (non-hydrogen) atoms. The van der Waals surface area contributed by atoms with Crippen LogP contribution in [-0.4, -0.2) is 7.11 Å². The van der Waals surface area contributed by atoms with Gasteiger partial charge in [-0.05, 0) is 84.4 Å². The van der Waals surface area contributed by atoms with Crippen molar-refractivity contribution in [2.45, 2.75) is 51.9 Å². The molecule has 0 heterocycles. The first-order valence-electron chi connectivity index (χ1n) is 12.6. The number of rotatable bonds is 9. The average molecular weight is 473 g/mol. The molecular weight excluding hydrogens is 438 g/mol. The molecule has 0 amide bonds. The molecule has 3 heteroatoms. The lowest BCUT2D eigenvalue weighted by atomic mass is 9.86. The van der Waals surface area contributed by atoms with E-state index in [0.29, 0.717) is 11.5 Å². The van der Waals surface area contributed by atoms with Gasteiger partial charge in [-0.1, -0.05) is 80.1 Å². The Kier molecular flexibility index (Phi) is 8.52. The van der Waals surface area contributed by atoms with E-state index in [1.54, 1.807) is 6.07 Å². The Morgan fingerprint density at radius 2 is 1.51 bits per heavy atom. The third-order valence-corrected chi connectivity index (χ3v) is 6.85. The molecule has 0 fully saturated rings. The summed E-state index contributed by atoms with van der Waals surface area (Å²) in [5.74, 6) is -1.34. The van der Waals surface area contributed by atoms with Crippen LogP contribution in [0.3, 0.4) is 0 Å². The number of hydrogen-bond acceptors (Lipinski definition) is 1. The van der Waals surface area contributed by atoms with E-state index < -0.39 is 11.6 Å². The van der Waals surface area contributed by atoms with E-state index in [1.807, 2.05) is 0 Å². The fourth-order valence-electron chi connectivity index (χ4n) is 4.77. The van der Waals surface area contributed by atoms with E-state index in [4.69, 9.17) is 4.74 Å². The largest absolute Gasteiger partial charge is 0.494 e. The maximum absolute atomic E-state index is 14.4. The second-order valence-corrected chi connectivity index (χ2v) is 9.32. The van der Waals surface area contributed by atoms with Crippen LogP contribution in [0.1, 0.15) is 55.7 Å². The van der Waals surface area contributed by atoms with E-state index in [-0.39, 0.29) is 5.75 Å². The van der Waals surface area contributed by atoms with Gasteiger partial charge in [0.2, 0.25) is 5.82 Å². The number of halogens is 2. The van der Waals surface area contributed by atoms with Crippen molar-refractivity contribution in [1.82, 2.24) is 0 Å². The lowest BCUT2D eigenvalue weighted by Crippen LogP contribution is -2.05. The average Bonchev–Trinajstić information content (AvgIpc) is 2.90. The second-order valence-electron chi connectivity index (χ2n) is 9.32. The van der Waals surface area contributed by atoms with Gasteiger partial charge in [-0.15, -0.1) is 0 Å². The van der Waals surface area contributed by atoms with Crippen LogP contribution in [0.5, 0.6) is 5.75 Å². The molecule has 1 unspecified atom stereocenters. The van der Waals surface area contributed by atoms with Gasteiger partial charge in [-0.3, -0.25) is 0 Å². The van der Waals surface area contributed by atoms with Crippen molar-refractivity contribution in [3.05, 3.63) is 107 Å². The molecule has 0 saturated heterocycles.